The van der Waals surface area contributed by atoms with Crippen LogP contribution in [-0.2, 0) is 19.6 Å². The van der Waals surface area contributed by atoms with Crippen LogP contribution in [0, 0.1) is 0 Å². The van der Waals surface area contributed by atoms with Crippen molar-refractivity contribution >= 4 is 44.1 Å². The van der Waals surface area contributed by atoms with E-state index in [0.29, 0.717) is 0 Å². The number of hydrogen-bond acceptors (Lipinski definition) is 7. The third kappa shape index (κ3) is 4.27. The molecule has 0 bridgehead atoms. The largest absolute Gasteiger partial charge is 0.465 e. The van der Waals surface area contributed by atoms with Crippen LogP contribution in [0.4, 0.5) is 10.8 Å². The van der Waals surface area contributed by atoms with Gasteiger partial charge in [0.1, 0.15) is 0 Å². The summed E-state index contributed by atoms with van der Waals surface area (Å²) in [5, 5.41) is 2.59. The molecular weight excluding hydrogens is 342 g/mol. The average Bonchev–Trinajstić information content (AvgIpc) is 2.95. The molecule has 0 saturated carbocycles. The minimum atomic E-state index is -3.87. The summed E-state index contributed by atoms with van der Waals surface area (Å²) in [5.74, 6) is -0.918. The number of anilines is 2. The number of aromatic nitrogens is 1. The third-order valence-corrected chi connectivity index (χ3v) is 5.32. The number of benzene rings is 1. The number of ether oxygens (including phenoxy) is 1. The number of carbonyl (C=O) groups excluding carboxylic acids is 2. The van der Waals surface area contributed by atoms with Gasteiger partial charge in [0, 0.05) is 12.6 Å². The molecule has 1 heterocycles. The number of rotatable bonds is 5. The molecule has 0 spiro atoms. The topological polar surface area (TPSA) is 114 Å². The average molecular weight is 355 g/mol. The highest BCUT2D eigenvalue weighted by molar-refractivity contribution is 7.94. The monoisotopic (exact) mass is 355 g/mol. The predicted octanol–water partition coefficient (Wildman–Crippen LogP) is 1.69. The molecule has 2 N–H and O–H groups in total. The van der Waals surface area contributed by atoms with Gasteiger partial charge in [0.2, 0.25) is 5.91 Å². The number of hydrogen-bond donors (Lipinski definition) is 2. The number of esters is 1. The van der Waals surface area contributed by atoms with Crippen molar-refractivity contribution in [1.29, 1.82) is 0 Å². The Labute approximate surface area is 136 Å². The van der Waals surface area contributed by atoms with Crippen molar-refractivity contribution in [1.82, 2.24) is 4.98 Å². The number of nitrogens with one attached hydrogen (secondary N) is 2. The van der Waals surface area contributed by atoms with Crippen molar-refractivity contribution < 1.29 is 22.7 Å². The molecule has 122 valence electrons. The fourth-order valence-corrected chi connectivity index (χ4v) is 3.75. The van der Waals surface area contributed by atoms with E-state index in [0.717, 1.165) is 17.5 Å². The lowest BCUT2D eigenvalue weighted by Crippen LogP contribution is -2.12. The fourth-order valence-electron chi connectivity index (χ4n) is 1.62. The Bertz CT molecular complexity index is 845. The van der Waals surface area contributed by atoms with E-state index in [1.165, 1.54) is 38.3 Å². The van der Waals surface area contributed by atoms with E-state index in [2.05, 4.69) is 19.8 Å². The molecule has 1 aromatic carbocycles. The van der Waals surface area contributed by atoms with E-state index in [1.807, 2.05) is 0 Å². The van der Waals surface area contributed by atoms with Crippen molar-refractivity contribution in [3.8, 4) is 0 Å². The summed E-state index contributed by atoms with van der Waals surface area (Å²) < 4.78 is 31.4. The van der Waals surface area contributed by atoms with Crippen LogP contribution >= 0.6 is 11.3 Å². The van der Waals surface area contributed by atoms with Gasteiger partial charge in [0.15, 0.2) is 9.34 Å². The van der Waals surface area contributed by atoms with Crippen LogP contribution in [0.25, 0.3) is 0 Å². The summed E-state index contributed by atoms with van der Waals surface area (Å²) in [5.41, 5.74) is 0.429. The molecule has 10 heteroatoms. The van der Waals surface area contributed by atoms with Crippen LogP contribution in [0.1, 0.15) is 17.3 Å². The number of amides is 1. The van der Waals surface area contributed by atoms with Crippen LogP contribution in [0.3, 0.4) is 0 Å². The Kier molecular flexibility index (Phi) is 4.96. The summed E-state index contributed by atoms with van der Waals surface area (Å²) >= 11 is 0.817. The first kappa shape index (κ1) is 16.9. The molecule has 0 radical (unpaired) electrons. The highest BCUT2D eigenvalue weighted by Gasteiger charge is 2.19. The van der Waals surface area contributed by atoms with Crippen molar-refractivity contribution in [2.45, 2.75) is 11.1 Å². The molecule has 0 saturated heterocycles. The second-order valence-electron chi connectivity index (χ2n) is 4.34. The lowest BCUT2D eigenvalue weighted by atomic mass is 10.2. The Morgan fingerprint density at radius 1 is 1.30 bits per heavy atom. The summed E-state index contributed by atoms with van der Waals surface area (Å²) in [6.07, 6.45) is 1.14. The van der Waals surface area contributed by atoms with Crippen LogP contribution in [0.15, 0.2) is 34.7 Å². The molecule has 0 atom stereocenters. The summed E-state index contributed by atoms with van der Waals surface area (Å²) in [7, 11) is -2.64. The molecule has 8 nitrogen and oxygen atoms in total. The highest BCUT2D eigenvalue weighted by Crippen LogP contribution is 2.25. The number of thiazole rings is 1. The van der Waals surface area contributed by atoms with Gasteiger partial charge in [-0.3, -0.25) is 9.52 Å². The molecule has 0 unspecified atom stereocenters. The van der Waals surface area contributed by atoms with Gasteiger partial charge in [-0.05, 0) is 18.2 Å². The maximum atomic E-state index is 12.3. The quantitative estimate of drug-likeness (QED) is 0.789. The van der Waals surface area contributed by atoms with Gasteiger partial charge in [-0.15, -0.1) is 0 Å². The number of carbonyl (C=O) groups is 2. The zero-order chi connectivity index (χ0) is 17.0. The van der Waals surface area contributed by atoms with E-state index >= 15 is 0 Å². The molecular formula is C13H13N3O5S2. The van der Waals surface area contributed by atoms with Crippen molar-refractivity contribution in [3.05, 3.63) is 36.0 Å². The van der Waals surface area contributed by atoms with Gasteiger partial charge in [0.05, 0.1) is 18.9 Å². The molecule has 0 aliphatic carbocycles. The molecule has 0 aliphatic heterocycles. The number of sulfonamides is 1. The Morgan fingerprint density at radius 2 is 2.04 bits per heavy atom. The first-order valence-electron chi connectivity index (χ1n) is 6.26. The van der Waals surface area contributed by atoms with E-state index in [9.17, 15) is 18.0 Å². The van der Waals surface area contributed by atoms with Gasteiger partial charge in [0.25, 0.3) is 10.0 Å². The normalized spacial score (nSPS) is 10.9. The third-order valence-electron chi connectivity index (χ3n) is 2.57. The second-order valence-corrected chi connectivity index (χ2v) is 7.28. The van der Waals surface area contributed by atoms with E-state index in [-0.39, 0.29) is 26.5 Å². The Hall–Kier alpha value is -2.46. The summed E-state index contributed by atoms with van der Waals surface area (Å²) in [6.45, 7) is 1.30. The van der Waals surface area contributed by atoms with E-state index < -0.39 is 16.0 Å². The fraction of sp³-hybridized carbons (Fsp3) is 0.154. The summed E-state index contributed by atoms with van der Waals surface area (Å²) in [6, 6.07) is 5.89. The molecule has 1 amide bonds. The van der Waals surface area contributed by atoms with Crippen LogP contribution in [0.5, 0.6) is 0 Å². The van der Waals surface area contributed by atoms with Crippen LogP contribution < -0.4 is 10.0 Å². The molecule has 1 aromatic heterocycles. The number of nitrogens with zero attached hydrogens (tertiary/aromatic N) is 1. The van der Waals surface area contributed by atoms with Crippen molar-refractivity contribution in [2.24, 2.45) is 0 Å². The summed E-state index contributed by atoms with van der Waals surface area (Å²) in [4.78, 5) is 26.2. The minimum absolute atomic E-state index is 0.0651. The second kappa shape index (κ2) is 6.75. The maximum Gasteiger partial charge on any atom is 0.337 e. The first-order chi connectivity index (χ1) is 10.8. The smallest absolute Gasteiger partial charge is 0.337 e. The Balaban J connectivity index is 2.23. The maximum absolute atomic E-state index is 12.3. The van der Waals surface area contributed by atoms with E-state index in [4.69, 9.17) is 0 Å². The molecule has 0 fully saturated rings. The standard InChI is InChI=1S/C13H13N3O5S2/c1-8(17)15-13-14-7-11(22-13)23(19,20)16-10-5-3-4-9(6-10)12(18)21-2/h3-7,16H,1-2H3,(H,14,15,17). The molecule has 2 aromatic rings. The van der Waals surface area contributed by atoms with Gasteiger partial charge in [-0.2, -0.15) is 0 Å². The van der Waals surface area contributed by atoms with Gasteiger partial charge >= 0.3 is 5.97 Å². The SMILES string of the molecule is COC(=O)c1cccc(NS(=O)(=O)c2cnc(NC(C)=O)s2)c1. The Morgan fingerprint density at radius 3 is 2.70 bits per heavy atom. The van der Waals surface area contributed by atoms with Crippen molar-refractivity contribution in [2.75, 3.05) is 17.1 Å². The highest BCUT2D eigenvalue weighted by atomic mass is 32.2. The minimum Gasteiger partial charge on any atom is -0.465 e. The van der Waals surface area contributed by atoms with Gasteiger partial charge in [-0.1, -0.05) is 17.4 Å². The zero-order valence-electron chi connectivity index (χ0n) is 12.2. The van der Waals surface area contributed by atoms with Crippen LogP contribution in [0.2, 0.25) is 0 Å². The number of methoxy groups -OCH3 is 1. The lowest BCUT2D eigenvalue weighted by molar-refractivity contribution is -0.114. The molecule has 2 rings (SSSR count). The van der Waals surface area contributed by atoms with Gasteiger partial charge < -0.3 is 10.1 Å². The zero-order valence-corrected chi connectivity index (χ0v) is 13.8. The predicted molar refractivity (Wildman–Crippen MR) is 85.0 cm³/mol. The van der Waals surface area contributed by atoms with E-state index in [1.54, 1.807) is 0 Å². The van der Waals surface area contributed by atoms with Crippen LogP contribution in [-0.4, -0.2) is 32.4 Å². The lowest BCUT2D eigenvalue weighted by Gasteiger charge is -2.07. The molecule has 0 aliphatic rings. The first-order valence-corrected chi connectivity index (χ1v) is 8.56. The van der Waals surface area contributed by atoms with Crippen molar-refractivity contribution in [3.63, 3.8) is 0 Å². The molecule has 23 heavy (non-hydrogen) atoms. The van der Waals surface area contributed by atoms with Gasteiger partial charge in [-0.25, -0.2) is 18.2 Å².